The van der Waals surface area contributed by atoms with E-state index in [9.17, 15) is 15.0 Å². The molecule has 2 aromatic heterocycles. The number of rotatable bonds is 8. The Morgan fingerprint density at radius 1 is 1.28 bits per heavy atom. The van der Waals surface area contributed by atoms with Crippen LogP contribution < -0.4 is 5.43 Å². The van der Waals surface area contributed by atoms with Gasteiger partial charge in [-0.25, -0.2) is 4.98 Å². The van der Waals surface area contributed by atoms with E-state index in [-0.39, 0.29) is 23.7 Å². The van der Waals surface area contributed by atoms with Crippen LogP contribution in [0.3, 0.4) is 0 Å². The molecule has 0 saturated carbocycles. The minimum absolute atomic E-state index is 0.0445. The first-order valence-electron chi connectivity index (χ1n) is 10.4. The predicted molar refractivity (Wildman–Crippen MR) is 125 cm³/mol. The van der Waals surface area contributed by atoms with Gasteiger partial charge in [0.1, 0.15) is 17.1 Å². The Balaban J connectivity index is 0.00000176. The number of allylic oxidation sites excluding steroid dienone is 4. The Bertz CT molecular complexity index is 1110. The van der Waals surface area contributed by atoms with Crippen molar-refractivity contribution < 1.29 is 14.6 Å². The topological polar surface area (TPSA) is 112 Å². The molecule has 0 bridgehead atoms. The second-order valence-corrected chi connectivity index (χ2v) is 6.64. The summed E-state index contributed by atoms with van der Waals surface area (Å²) in [5.41, 5.74) is 1.39. The van der Waals surface area contributed by atoms with Gasteiger partial charge in [-0.3, -0.25) is 9.89 Å². The fourth-order valence-electron chi connectivity index (χ4n) is 3.29. The molecular formula is C25H29N3O4. The molecule has 32 heavy (non-hydrogen) atoms. The maximum atomic E-state index is 11.7. The maximum Gasteiger partial charge on any atom is 0.242 e. The molecule has 2 unspecified atom stereocenters. The summed E-state index contributed by atoms with van der Waals surface area (Å²) in [5, 5.41) is 27.5. The number of aromatic hydroxyl groups is 1. The number of hydrogen-bond donors (Lipinski definition) is 3. The van der Waals surface area contributed by atoms with Crippen molar-refractivity contribution in [3.63, 3.8) is 0 Å². The van der Waals surface area contributed by atoms with Crippen LogP contribution in [0, 0.1) is 0 Å². The van der Waals surface area contributed by atoms with E-state index in [1.54, 1.807) is 6.08 Å². The third-order valence-electron chi connectivity index (χ3n) is 4.72. The van der Waals surface area contributed by atoms with Crippen LogP contribution in [-0.2, 0) is 6.42 Å². The third-order valence-corrected chi connectivity index (χ3v) is 4.72. The van der Waals surface area contributed by atoms with Crippen molar-refractivity contribution in [1.29, 1.82) is 0 Å². The Labute approximate surface area is 187 Å². The lowest BCUT2D eigenvalue weighted by Crippen LogP contribution is -2.23. The van der Waals surface area contributed by atoms with Crippen molar-refractivity contribution in [2.24, 2.45) is 0 Å². The predicted octanol–water partition coefficient (Wildman–Crippen LogP) is 4.53. The summed E-state index contributed by atoms with van der Waals surface area (Å²) in [6.45, 7) is 9.81. The van der Waals surface area contributed by atoms with Crippen molar-refractivity contribution >= 4 is 0 Å². The first-order chi connectivity index (χ1) is 15.6. The van der Waals surface area contributed by atoms with E-state index < -0.39 is 17.3 Å². The number of aliphatic hydroxyl groups is 1. The molecule has 0 amide bonds. The van der Waals surface area contributed by atoms with E-state index in [0.717, 1.165) is 17.3 Å². The van der Waals surface area contributed by atoms with E-state index >= 15 is 0 Å². The average Bonchev–Trinajstić information content (AvgIpc) is 3.28. The van der Waals surface area contributed by atoms with Crippen LogP contribution in [-0.4, -0.2) is 31.5 Å². The number of aromatic amines is 1. The average molecular weight is 436 g/mol. The third kappa shape index (κ3) is 5.70. The molecule has 3 aromatic rings. The lowest BCUT2D eigenvalue weighted by molar-refractivity contribution is 0.150. The van der Waals surface area contributed by atoms with Crippen LogP contribution >= 0.6 is 0 Å². The largest absolute Gasteiger partial charge is 0.503 e. The lowest BCUT2D eigenvalue weighted by atomic mass is 9.84. The highest BCUT2D eigenvalue weighted by Gasteiger charge is 2.27. The molecule has 3 rings (SSSR count). The van der Waals surface area contributed by atoms with E-state index in [2.05, 4.69) is 21.8 Å². The second-order valence-electron chi connectivity index (χ2n) is 6.64. The summed E-state index contributed by atoms with van der Waals surface area (Å²) in [6.07, 6.45) is 8.77. The van der Waals surface area contributed by atoms with Gasteiger partial charge in [-0.1, -0.05) is 75.1 Å². The number of oxazole rings is 1. The smallest absolute Gasteiger partial charge is 0.242 e. The molecule has 0 aliphatic carbocycles. The molecule has 168 valence electrons. The van der Waals surface area contributed by atoms with Gasteiger partial charge in [-0.15, -0.1) is 0 Å². The molecular weight excluding hydrogens is 406 g/mol. The second kappa shape index (κ2) is 12.2. The SMILES string of the molecule is C=C/C(=C\C=C/C)C(c1ccccc1)C(O)Cc1ocnc1-c1[nH]ncc(=O)c1O.CC. The quantitative estimate of drug-likeness (QED) is 0.448. The molecule has 2 atom stereocenters. The van der Waals surface area contributed by atoms with Crippen LogP contribution in [0.5, 0.6) is 5.75 Å². The number of nitrogens with zero attached hydrogens (tertiary/aromatic N) is 2. The minimum atomic E-state index is -0.890. The Morgan fingerprint density at radius 2 is 2.00 bits per heavy atom. The van der Waals surface area contributed by atoms with Gasteiger partial charge < -0.3 is 14.6 Å². The highest BCUT2D eigenvalue weighted by molar-refractivity contribution is 5.62. The minimum Gasteiger partial charge on any atom is -0.503 e. The summed E-state index contributed by atoms with van der Waals surface area (Å²) in [5.74, 6) is -0.565. The molecule has 0 fully saturated rings. The fourth-order valence-corrected chi connectivity index (χ4v) is 3.29. The Morgan fingerprint density at radius 3 is 2.66 bits per heavy atom. The number of H-pyrrole nitrogens is 1. The van der Waals surface area contributed by atoms with Crippen molar-refractivity contribution in [1.82, 2.24) is 15.2 Å². The van der Waals surface area contributed by atoms with Gasteiger partial charge in [0, 0.05) is 12.3 Å². The lowest BCUT2D eigenvalue weighted by Gasteiger charge is -2.24. The number of benzene rings is 1. The van der Waals surface area contributed by atoms with Gasteiger partial charge >= 0.3 is 0 Å². The molecule has 7 heteroatoms. The summed E-state index contributed by atoms with van der Waals surface area (Å²) >= 11 is 0. The fraction of sp³-hybridized carbons (Fsp3) is 0.240. The molecule has 3 N–H and O–H groups in total. The first kappa shape index (κ1) is 24.6. The van der Waals surface area contributed by atoms with E-state index in [0.29, 0.717) is 5.76 Å². The normalized spacial score (nSPS) is 13.3. The van der Waals surface area contributed by atoms with Crippen LogP contribution in [0.4, 0.5) is 0 Å². The van der Waals surface area contributed by atoms with Crippen molar-refractivity contribution in [2.75, 3.05) is 0 Å². The van der Waals surface area contributed by atoms with Crippen molar-refractivity contribution in [3.8, 4) is 17.1 Å². The highest BCUT2D eigenvalue weighted by Crippen LogP contribution is 2.33. The Hall–Kier alpha value is -3.71. The summed E-state index contributed by atoms with van der Waals surface area (Å²) in [6, 6.07) is 9.60. The molecule has 0 radical (unpaired) electrons. The summed E-state index contributed by atoms with van der Waals surface area (Å²) in [7, 11) is 0. The maximum absolute atomic E-state index is 11.7. The Kier molecular flexibility index (Phi) is 9.38. The molecule has 0 spiro atoms. The summed E-state index contributed by atoms with van der Waals surface area (Å²) < 4.78 is 5.47. The molecule has 0 aliphatic heterocycles. The van der Waals surface area contributed by atoms with Gasteiger partial charge in [0.25, 0.3) is 0 Å². The van der Waals surface area contributed by atoms with Crippen LogP contribution in [0.2, 0.25) is 0 Å². The van der Waals surface area contributed by atoms with Gasteiger partial charge in [0.15, 0.2) is 12.1 Å². The van der Waals surface area contributed by atoms with E-state index in [1.807, 2.05) is 69.3 Å². The molecule has 7 nitrogen and oxygen atoms in total. The van der Waals surface area contributed by atoms with Gasteiger partial charge in [-0.2, -0.15) is 5.10 Å². The highest BCUT2D eigenvalue weighted by atomic mass is 16.3. The number of nitrogens with one attached hydrogen (secondary N) is 1. The number of aromatic nitrogens is 3. The zero-order valence-corrected chi connectivity index (χ0v) is 18.5. The summed E-state index contributed by atoms with van der Waals surface area (Å²) in [4.78, 5) is 15.8. The van der Waals surface area contributed by atoms with Gasteiger partial charge in [-0.05, 0) is 18.1 Å². The van der Waals surface area contributed by atoms with Crippen LogP contribution in [0.1, 0.15) is 38.0 Å². The standard InChI is InChI=1S/C23H23N3O4.C2H6/c1-3-5-9-15(4-2)20(16-10-7-6-8-11-16)17(27)12-19-21(24-14-30-19)22-23(29)18(28)13-25-26-22;1-2/h3-11,13-14,17,20,27H,2,12H2,1H3,(H,25,29)(H,26,28);1-2H3/b5-3-,15-9+;. The van der Waals surface area contributed by atoms with Crippen LogP contribution in [0.25, 0.3) is 11.4 Å². The molecule has 0 aliphatic rings. The zero-order valence-electron chi connectivity index (χ0n) is 18.5. The molecule has 1 aromatic carbocycles. The van der Waals surface area contributed by atoms with Gasteiger partial charge in [0.2, 0.25) is 5.43 Å². The van der Waals surface area contributed by atoms with E-state index in [4.69, 9.17) is 4.42 Å². The first-order valence-corrected chi connectivity index (χ1v) is 10.4. The number of hydrogen-bond acceptors (Lipinski definition) is 6. The molecule has 2 heterocycles. The zero-order chi connectivity index (χ0) is 23.5. The number of aliphatic hydroxyl groups excluding tert-OH is 1. The van der Waals surface area contributed by atoms with Crippen molar-refractivity contribution in [2.45, 2.75) is 39.2 Å². The molecule has 0 saturated heterocycles. The van der Waals surface area contributed by atoms with Crippen molar-refractivity contribution in [3.05, 3.63) is 101 Å². The van der Waals surface area contributed by atoms with E-state index in [1.165, 1.54) is 6.39 Å². The monoisotopic (exact) mass is 435 g/mol. The van der Waals surface area contributed by atoms with Crippen LogP contribution in [0.15, 0.2) is 88.6 Å². The van der Waals surface area contributed by atoms with Gasteiger partial charge in [0.05, 0.1) is 12.3 Å².